The number of amides is 1. The fourth-order valence-electron chi connectivity index (χ4n) is 3.12. The van der Waals surface area contributed by atoms with Crippen molar-refractivity contribution >= 4 is 28.5 Å². The van der Waals surface area contributed by atoms with Crippen LogP contribution in [-0.4, -0.2) is 24.6 Å². The number of anilines is 1. The van der Waals surface area contributed by atoms with Crippen LogP contribution in [0.5, 0.6) is 11.5 Å². The van der Waals surface area contributed by atoms with Crippen LogP contribution in [0, 0.1) is 13.8 Å². The van der Waals surface area contributed by atoms with Gasteiger partial charge in [0.05, 0.1) is 19.4 Å². The molecule has 0 atom stereocenters. The van der Waals surface area contributed by atoms with Crippen molar-refractivity contribution in [2.45, 2.75) is 40.0 Å². The fraction of sp³-hybridized carbons (Fsp3) is 0.308. The number of benzene rings is 2. The van der Waals surface area contributed by atoms with Crippen LogP contribution in [0.4, 0.5) is 5.13 Å². The third-order valence-electron chi connectivity index (χ3n) is 5.16. The Kier molecular flexibility index (Phi) is 8.45. The number of carbonyl (C=O) groups is 1. The van der Waals surface area contributed by atoms with E-state index in [0.717, 1.165) is 36.1 Å². The third-order valence-corrected chi connectivity index (χ3v) is 5.92. The molecule has 0 fully saturated rings. The maximum absolute atomic E-state index is 12.4. The lowest BCUT2D eigenvalue weighted by Gasteiger charge is -2.11. The minimum Gasteiger partial charge on any atom is -0.493 e. The van der Waals surface area contributed by atoms with Crippen molar-refractivity contribution in [1.82, 2.24) is 4.98 Å². The summed E-state index contributed by atoms with van der Waals surface area (Å²) >= 11 is 1.41. The van der Waals surface area contributed by atoms with Crippen LogP contribution in [0.3, 0.4) is 0 Å². The maximum atomic E-state index is 12.4. The zero-order chi connectivity index (χ0) is 22.9. The highest BCUT2D eigenvalue weighted by molar-refractivity contribution is 7.14. The molecule has 0 saturated heterocycles. The highest BCUT2D eigenvalue weighted by Gasteiger charge is 2.08. The lowest BCUT2D eigenvalue weighted by Crippen LogP contribution is -2.07. The molecule has 0 radical (unpaired) electrons. The van der Waals surface area contributed by atoms with E-state index in [0.29, 0.717) is 23.2 Å². The van der Waals surface area contributed by atoms with Crippen LogP contribution in [0.15, 0.2) is 47.9 Å². The second-order valence-electron chi connectivity index (χ2n) is 7.63. The van der Waals surface area contributed by atoms with Gasteiger partial charge in [0.2, 0.25) is 5.91 Å². The Morgan fingerprint density at radius 2 is 1.94 bits per heavy atom. The standard InChI is InChI=1S/C26H30N2O3S/c1-5-6-7-14-31-23-12-9-20(16-24(23)30-4)10-13-25(29)28-26-27-22(17-32-26)21-11-8-18(2)19(3)15-21/h8-13,15-17H,5-7,14H2,1-4H3,(H,27,28,29). The third kappa shape index (κ3) is 6.44. The predicted molar refractivity (Wildman–Crippen MR) is 133 cm³/mol. The number of rotatable bonds is 10. The number of nitrogens with zero attached hydrogens (tertiary/aromatic N) is 1. The first-order valence-corrected chi connectivity index (χ1v) is 11.7. The van der Waals surface area contributed by atoms with Gasteiger partial charge in [-0.25, -0.2) is 4.98 Å². The molecule has 1 N–H and O–H groups in total. The molecule has 1 aromatic heterocycles. The Morgan fingerprint density at radius 3 is 2.69 bits per heavy atom. The first-order chi connectivity index (χ1) is 15.5. The van der Waals surface area contributed by atoms with Crippen molar-refractivity contribution in [3.8, 4) is 22.8 Å². The normalized spacial score (nSPS) is 11.0. The molecule has 0 bridgehead atoms. The zero-order valence-electron chi connectivity index (χ0n) is 19.1. The molecule has 2 aromatic carbocycles. The van der Waals surface area contributed by atoms with Crippen molar-refractivity contribution in [3.05, 3.63) is 64.5 Å². The lowest BCUT2D eigenvalue weighted by molar-refractivity contribution is -0.111. The van der Waals surface area contributed by atoms with Gasteiger partial charge in [-0.2, -0.15) is 0 Å². The Balaban J connectivity index is 1.60. The van der Waals surface area contributed by atoms with Gasteiger partial charge in [0.25, 0.3) is 0 Å². The van der Waals surface area contributed by atoms with Crippen LogP contribution in [-0.2, 0) is 4.79 Å². The van der Waals surface area contributed by atoms with E-state index in [1.54, 1.807) is 13.2 Å². The molecule has 0 aliphatic carbocycles. The van der Waals surface area contributed by atoms with Gasteiger partial charge in [-0.15, -0.1) is 11.3 Å². The molecule has 1 amide bonds. The Morgan fingerprint density at radius 1 is 1.09 bits per heavy atom. The zero-order valence-corrected chi connectivity index (χ0v) is 19.9. The topological polar surface area (TPSA) is 60.5 Å². The number of methoxy groups -OCH3 is 1. The SMILES string of the molecule is CCCCCOc1ccc(C=CC(=O)Nc2nc(-c3ccc(C)c(C)c3)cs2)cc1OC. The summed E-state index contributed by atoms with van der Waals surface area (Å²) in [7, 11) is 1.62. The number of hydrogen-bond donors (Lipinski definition) is 1. The Bertz CT molecular complexity index is 1090. The molecule has 1 heterocycles. The quantitative estimate of drug-likeness (QED) is 0.277. The van der Waals surface area contributed by atoms with Gasteiger partial charge in [-0.3, -0.25) is 10.1 Å². The second kappa shape index (κ2) is 11.5. The van der Waals surface area contributed by atoms with Crippen LogP contribution < -0.4 is 14.8 Å². The van der Waals surface area contributed by atoms with E-state index in [4.69, 9.17) is 9.47 Å². The summed E-state index contributed by atoms with van der Waals surface area (Å²) < 4.78 is 11.2. The number of aryl methyl sites for hydroxylation is 2. The maximum Gasteiger partial charge on any atom is 0.250 e. The summed E-state index contributed by atoms with van der Waals surface area (Å²) in [6.07, 6.45) is 6.55. The van der Waals surface area contributed by atoms with E-state index in [-0.39, 0.29) is 5.91 Å². The predicted octanol–water partition coefficient (Wildman–Crippen LogP) is 6.66. The summed E-state index contributed by atoms with van der Waals surface area (Å²) in [5.74, 6) is 1.14. The van der Waals surface area contributed by atoms with Crippen LogP contribution >= 0.6 is 11.3 Å². The molecule has 0 aliphatic heterocycles. The molecule has 168 valence electrons. The van der Waals surface area contributed by atoms with Gasteiger partial charge < -0.3 is 9.47 Å². The van der Waals surface area contributed by atoms with Gasteiger partial charge >= 0.3 is 0 Å². The molecule has 6 heteroatoms. The van der Waals surface area contributed by atoms with Crippen LogP contribution in [0.2, 0.25) is 0 Å². The van der Waals surface area contributed by atoms with E-state index >= 15 is 0 Å². The summed E-state index contributed by atoms with van der Waals surface area (Å²) in [6.45, 7) is 7.00. The molecular weight excluding hydrogens is 420 g/mol. The van der Waals surface area contributed by atoms with E-state index in [2.05, 4.69) is 43.2 Å². The highest BCUT2D eigenvalue weighted by atomic mass is 32.1. The largest absolute Gasteiger partial charge is 0.493 e. The van der Waals surface area contributed by atoms with Crippen molar-refractivity contribution in [2.75, 3.05) is 19.0 Å². The number of ether oxygens (including phenoxy) is 2. The number of carbonyl (C=O) groups excluding carboxylic acids is 1. The van der Waals surface area contributed by atoms with E-state index in [9.17, 15) is 4.79 Å². The first kappa shape index (κ1) is 23.5. The molecule has 3 aromatic rings. The second-order valence-corrected chi connectivity index (χ2v) is 8.48. The Hall–Kier alpha value is -3.12. The number of thiazole rings is 1. The van der Waals surface area contributed by atoms with Gasteiger partial charge in [0.1, 0.15) is 0 Å². The summed E-state index contributed by atoms with van der Waals surface area (Å²) in [5.41, 5.74) is 5.22. The Labute approximate surface area is 194 Å². The van der Waals surface area contributed by atoms with Crippen LogP contribution in [0.25, 0.3) is 17.3 Å². The number of aromatic nitrogens is 1. The summed E-state index contributed by atoms with van der Waals surface area (Å²) in [4.78, 5) is 16.9. The molecule has 0 unspecified atom stereocenters. The smallest absolute Gasteiger partial charge is 0.250 e. The van der Waals surface area contributed by atoms with Gasteiger partial charge in [-0.1, -0.05) is 38.0 Å². The number of nitrogens with one attached hydrogen (secondary N) is 1. The number of hydrogen-bond acceptors (Lipinski definition) is 5. The van der Waals surface area contributed by atoms with E-state index in [1.807, 2.05) is 29.6 Å². The average Bonchev–Trinajstić information content (AvgIpc) is 3.26. The number of unbranched alkanes of at least 4 members (excludes halogenated alkanes) is 2. The minimum atomic E-state index is -0.232. The lowest BCUT2D eigenvalue weighted by atomic mass is 10.1. The molecule has 0 saturated carbocycles. The molecule has 0 aliphatic rings. The monoisotopic (exact) mass is 450 g/mol. The molecular formula is C26H30N2O3S. The molecule has 5 nitrogen and oxygen atoms in total. The first-order valence-electron chi connectivity index (χ1n) is 10.8. The van der Waals surface area contributed by atoms with Crippen molar-refractivity contribution in [1.29, 1.82) is 0 Å². The molecule has 0 spiro atoms. The average molecular weight is 451 g/mol. The minimum absolute atomic E-state index is 0.232. The van der Waals surface area contributed by atoms with Crippen molar-refractivity contribution in [3.63, 3.8) is 0 Å². The van der Waals surface area contributed by atoms with Crippen LogP contribution in [0.1, 0.15) is 42.9 Å². The van der Waals surface area contributed by atoms with E-state index in [1.165, 1.54) is 28.5 Å². The van der Waals surface area contributed by atoms with E-state index < -0.39 is 0 Å². The molecule has 3 rings (SSSR count). The van der Waals surface area contributed by atoms with Crippen molar-refractivity contribution < 1.29 is 14.3 Å². The molecule has 32 heavy (non-hydrogen) atoms. The van der Waals surface area contributed by atoms with Gasteiger partial charge in [0.15, 0.2) is 16.6 Å². The van der Waals surface area contributed by atoms with Gasteiger partial charge in [0, 0.05) is 17.0 Å². The van der Waals surface area contributed by atoms with Crippen molar-refractivity contribution in [2.24, 2.45) is 0 Å². The van der Waals surface area contributed by atoms with Gasteiger partial charge in [-0.05, 0) is 61.2 Å². The summed E-state index contributed by atoms with van der Waals surface area (Å²) in [5, 5.41) is 5.36. The fourth-order valence-corrected chi connectivity index (χ4v) is 3.85. The summed E-state index contributed by atoms with van der Waals surface area (Å²) in [6, 6.07) is 11.9. The highest BCUT2D eigenvalue weighted by Crippen LogP contribution is 2.29.